The van der Waals surface area contributed by atoms with Gasteiger partial charge < -0.3 is 10.1 Å². The normalized spacial score (nSPS) is 18.8. The van der Waals surface area contributed by atoms with Gasteiger partial charge in [0.25, 0.3) is 0 Å². The number of hydrogen-bond donors (Lipinski definition) is 1. The minimum Gasteiger partial charge on any atom is -0.473 e. The summed E-state index contributed by atoms with van der Waals surface area (Å²) in [4.78, 5) is 20.5. The zero-order chi connectivity index (χ0) is 16.7. The van der Waals surface area contributed by atoms with Crippen molar-refractivity contribution in [1.82, 2.24) is 25.1 Å². The Balaban J connectivity index is 1.68. The molecule has 8 heteroatoms. The van der Waals surface area contributed by atoms with Crippen LogP contribution in [0.3, 0.4) is 0 Å². The Kier molecular flexibility index (Phi) is 3.68. The standard InChI is InChI=1S/C16H17N5O2S/c1-9(10-3-14(22)17-5-10)23-16-15-13(18-8-24-15)4-12(20-16)11-6-19-21(2)7-11/h4,6-10H,3,5H2,1-2H3,(H,17,22)/t9-,10-/m1/s1. The molecule has 1 fully saturated rings. The first kappa shape index (κ1) is 15.1. The Morgan fingerprint density at radius 3 is 3.08 bits per heavy atom. The van der Waals surface area contributed by atoms with E-state index in [9.17, 15) is 4.79 Å². The zero-order valence-corrected chi connectivity index (χ0v) is 14.2. The van der Waals surface area contributed by atoms with Crippen molar-refractivity contribution >= 4 is 27.5 Å². The summed E-state index contributed by atoms with van der Waals surface area (Å²) in [6.07, 6.45) is 4.07. The molecule has 0 aromatic carbocycles. The molecule has 1 N–H and O–H groups in total. The van der Waals surface area contributed by atoms with Gasteiger partial charge in [-0.1, -0.05) is 0 Å². The molecular formula is C16H17N5O2S. The number of hydrogen-bond acceptors (Lipinski definition) is 6. The van der Waals surface area contributed by atoms with E-state index in [4.69, 9.17) is 4.74 Å². The number of ether oxygens (including phenoxy) is 1. The quantitative estimate of drug-likeness (QED) is 0.783. The molecule has 3 aromatic heterocycles. The maximum atomic E-state index is 11.4. The van der Waals surface area contributed by atoms with Crippen molar-refractivity contribution in [3.05, 3.63) is 24.0 Å². The number of aryl methyl sites for hydroxylation is 1. The molecular weight excluding hydrogens is 326 g/mol. The van der Waals surface area contributed by atoms with Gasteiger partial charge in [0.15, 0.2) is 0 Å². The summed E-state index contributed by atoms with van der Waals surface area (Å²) in [5.41, 5.74) is 4.35. The molecule has 0 radical (unpaired) electrons. The van der Waals surface area contributed by atoms with Crippen LogP contribution >= 0.6 is 11.3 Å². The Bertz CT molecular complexity index is 903. The Hall–Kier alpha value is -2.48. The first-order valence-corrected chi connectivity index (χ1v) is 8.65. The van der Waals surface area contributed by atoms with Crippen molar-refractivity contribution in [1.29, 1.82) is 0 Å². The van der Waals surface area contributed by atoms with Gasteiger partial charge >= 0.3 is 0 Å². The van der Waals surface area contributed by atoms with Gasteiger partial charge in [-0.05, 0) is 13.0 Å². The van der Waals surface area contributed by atoms with Crippen LogP contribution in [0, 0.1) is 5.92 Å². The fourth-order valence-corrected chi connectivity index (χ4v) is 3.55. The van der Waals surface area contributed by atoms with Crippen LogP contribution < -0.4 is 10.1 Å². The molecule has 2 atom stereocenters. The van der Waals surface area contributed by atoms with Gasteiger partial charge in [0.2, 0.25) is 11.8 Å². The highest BCUT2D eigenvalue weighted by molar-refractivity contribution is 7.17. The van der Waals surface area contributed by atoms with Crippen molar-refractivity contribution in [2.75, 3.05) is 6.54 Å². The summed E-state index contributed by atoms with van der Waals surface area (Å²) in [5, 5.41) is 7.04. The molecule has 1 aliphatic heterocycles. The van der Waals surface area contributed by atoms with Gasteiger partial charge in [-0.3, -0.25) is 9.48 Å². The van der Waals surface area contributed by atoms with E-state index in [1.807, 2.05) is 26.2 Å². The van der Waals surface area contributed by atoms with E-state index < -0.39 is 0 Å². The summed E-state index contributed by atoms with van der Waals surface area (Å²) in [6.45, 7) is 2.63. The summed E-state index contributed by atoms with van der Waals surface area (Å²) in [5.74, 6) is 0.806. The number of amides is 1. The van der Waals surface area contributed by atoms with E-state index in [1.54, 1.807) is 16.4 Å². The van der Waals surface area contributed by atoms with E-state index in [1.165, 1.54) is 11.3 Å². The topological polar surface area (TPSA) is 81.9 Å². The maximum absolute atomic E-state index is 11.4. The largest absolute Gasteiger partial charge is 0.473 e. The van der Waals surface area contributed by atoms with Crippen LogP contribution in [0.2, 0.25) is 0 Å². The summed E-state index contributed by atoms with van der Waals surface area (Å²) in [7, 11) is 1.87. The van der Waals surface area contributed by atoms with E-state index in [0.29, 0.717) is 18.8 Å². The molecule has 4 heterocycles. The minimum atomic E-state index is -0.106. The van der Waals surface area contributed by atoms with Gasteiger partial charge in [-0.2, -0.15) is 5.10 Å². The molecule has 24 heavy (non-hydrogen) atoms. The number of carbonyl (C=O) groups is 1. The van der Waals surface area contributed by atoms with E-state index in [-0.39, 0.29) is 17.9 Å². The van der Waals surface area contributed by atoms with Crippen LogP contribution in [0.5, 0.6) is 5.88 Å². The molecule has 0 unspecified atom stereocenters. The Morgan fingerprint density at radius 1 is 1.50 bits per heavy atom. The highest BCUT2D eigenvalue weighted by Gasteiger charge is 2.28. The fourth-order valence-electron chi connectivity index (χ4n) is 2.85. The third-order valence-corrected chi connectivity index (χ3v) is 5.09. The number of nitrogens with one attached hydrogen (secondary N) is 1. The third kappa shape index (κ3) is 2.73. The molecule has 1 amide bonds. The van der Waals surface area contributed by atoms with Crippen molar-refractivity contribution in [3.63, 3.8) is 0 Å². The predicted octanol–water partition coefficient (Wildman–Crippen LogP) is 2.00. The molecule has 124 valence electrons. The van der Waals surface area contributed by atoms with Crippen LogP contribution in [-0.4, -0.2) is 38.3 Å². The Morgan fingerprint density at radius 2 is 2.38 bits per heavy atom. The number of thiazole rings is 1. The van der Waals surface area contributed by atoms with E-state index >= 15 is 0 Å². The molecule has 4 rings (SSSR count). The van der Waals surface area contributed by atoms with Crippen molar-refractivity contribution < 1.29 is 9.53 Å². The highest BCUT2D eigenvalue weighted by Crippen LogP contribution is 2.33. The molecule has 0 spiro atoms. The highest BCUT2D eigenvalue weighted by atomic mass is 32.1. The lowest BCUT2D eigenvalue weighted by Gasteiger charge is -2.19. The van der Waals surface area contributed by atoms with Gasteiger partial charge in [0.05, 0.1) is 22.9 Å². The maximum Gasteiger partial charge on any atom is 0.234 e. The number of rotatable bonds is 4. The SMILES string of the molecule is C[C@@H](Oc1nc(-c2cnn(C)c2)cc2ncsc12)[C@H]1CNC(=O)C1. The number of nitrogens with zero attached hydrogens (tertiary/aromatic N) is 4. The predicted molar refractivity (Wildman–Crippen MR) is 90.8 cm³/mol. The number of aromatic nitrogens is 4. The van der Waals surface area contributed by atoms with Crippen LogP contribution in [0.25, 0.3) is 21.5 Å². The molecule has 3 aromatic rings. The van der Waals surface area contributed by atoms with E-state index in [0.717, 1.165) is 21.5 Å². The zero-order valence-electron chi connectivity index (χ0n) is 13.4. The lowest BCUT2D eigenvalue weighted by molar-refractivity contribution is -0.119. The second-order valence-corrected chi connectivity index (χ2v) is 6.86. The molecule has 0 bridgehead atoms. The molecule has 0 saturated carbocycles. The van der Waals surface area contributed by atoms with Crippen molar-refractivity contribution in [3.8, 4) is 17.1 Å². The smallest absolute Gasteiger partial charge is 0.234 e. The Labute approximate surface area is 142 Å². The lowest BCUT2D eigenvalue weighted by Crippen LogP contribution is -2.26. The average molecular weight is 343 g/mol. The summed E-state index contributed by atoms with van der Waals surface area (Å²) in [6, 6.07) is 1.95. The van der Waals surface area contributed by atoms with Crippen LogP contribution in [0.1, 0.15) is 13.3 Å². The summed E-state index contributed by atoms with van der Waals surface area (Å²) < 4.78 is 8.79. The second-order valence-electron chi connectivity index (χ2n) is 6.01. The van der Waals surface area contributed by atoms with Crippen molar-refractivity contribution in [2.45, 2.75) is 19.4 Å². The van der Waals surface area contributed by atoms with Gasteiger partial charge in [-0.15, -0.1) is 11.3 Å². The average Bonchev–Trinajstić information content (AvgIpc) is 3.27. The monoisotopic (exact) mass is 343 g/mol. The molecule has 1 aliphatic rings. The van der Waals surface area contributed by atoms with Crippen molar-refractivity contribution in [2.24, 2.45) is 13.0 Å². The fraction of sp³-hybridized carbons (Fsp3) is 0.375. The van der Waals surface area contributed by atoms with Gasteiger partial charge in [0.1, 0.15) is 10.8 Å². The molecule has 1 saturated heterocycles. The van der Waals surface area contributed by atoms with Gasteiger partial charge in [0, 0.05) is 37.7 Å². The molecule has 0 aliphatic carbocycles. The minimum absolute atomic E-state index is 0.0791. The number of carbonyl (C=O) groups excluding carboxylic acids is 1. The lowest BCUT2D eigenvalue weighted by atomic mass is 10.0. The van der Waals surface area contributed by atoms with Crippen LogP contribution in [0.4, 0.5) is 0 Å². The third-order valence-electron chi connectivity index (χ3n) is 4.26. The number of pyridine rings is 1. The number of fused-ring (bicyclic) bond motifs is 1. The summed E-state index contributed by atoms with van der Waals surface area (Å²) >= 11 is 1.51. The molecule has 7 nitrogen and oxygen atoms in total. The first-order chi connectivity index (χ1) is 11.6. The second kappa shape index (κ2) is 5.86. The van der Waals surface area contributed by atoms with E-state index in [2.05, 4.69) is 20.4 Å². The van der Waals surface area contributed by atoms with Crippen LogP contribution in [0.15, 0.2) is 24.0 Å². The van der Waals surface area contributed by atoms with Gasteiger partial charge in [-0.25, -0.2) is 9.97 Å². The first-order valence-electron chi connectivity index (χ1n) is 7.77. The van der Waals surface area contributed by atoms with Crippen LogP contribution in [-0.2, 0) is 11.8 Å².